The Morgan fingerprint density at radius 1 is 0.591 bits per heavy atom. The predicted molar refractivity (Wildman–Crippen MR) is 93.1 cm³/mol. The number of methoxy groups -OCH3 is 3. The standard InChI is InChI=1S/C18H39NO3/c1-19(2)17-15-13-11-9-7-6-8-10-12-14-16-18(20-3,21-4)22-5/h6-17H2,1-5H3. The second-order valence-corrected chi connectivity index (χ2v) is 6.38. The maximum atomic E-state index is 5.30. The quantitative estimate of drug-likeness (QED) is 0.311. The largest absolute Gasteiger partial charge is 0.331 e. The topological polar surface area (TPSA) is 30.9 Å². The van der Waals surface area contributed by atoms with Gasteiger partial charge in [0.1, 0.15) is 0 Å². The third-order valence-electron chi connectivity index (χ3n) is 4.27. The van der Waals surface area contributed by atoms with E-state index in [0.29, 0.717) is 0 Å². The van der Waals surface area contributed by atoms with Crippen LogP contribution in [-0.4, -0.2) is 52.8 Å². The minimum Gasteiger partial charge on any atom is -0.331 e. The minimum absolute atomic E-state index is 0.794. The Morgan fingerprint density at radius 2 is 0.955 bits per heavy atom. The van der Waals surface area contributed by atoms with E-state index in [0.717, 1.165) is 12.8 Å². The lowest BCUT2D eigenvalue weighted by molar-refractivity contribution is -0.355. The van der Waals surface area contributed by atoms with Crippen molar-refractivity contribution < 1.29 is 14.2 Å². The van der Waals surface area contributed by atoms with E-state index in [1.54, 1.807) is 21.3 Å². The molecule has 0 radical (unpaired) electrons. The molecule has 0 unspecified atom stereocenters. The van der Waals surface area contributed by atoms with Crippen molar-refractivity contribution in [1.82, 2.24) is 4.90 Å². The van der Waals surface area contributed by atoms with E-state index in [4.69, 9.17) is 14.2 Å². The van der Waals surface area contributed by atoms with E-state index in [-0.39, 0.29) is 0 Å². The summed E-state index contributed by atoms with van der Waals surface area (Å²) in [5.74, 6) is -0.841. The van der Waals surface area contributed by atoms with Gasteiger partial charge in [0.25, 0.3) is 5.97 Å². The maximum Gasteiger partial charge on any atom is 0.282 e. The molecule has 0 bridgehead atoms. The second kappa shape index (κ2) is 14.4. The second-order valence-electron chi connectivity index (χ2n) is 6.38. The fourth-order valence-corrected chi connectivity index (χ4v) is 2.74. The van der Waals surface area contributed by atoms with Crippen LogP contribution < -0.4 is 0 Å². The molecule has 0 aliphatic rings. The normalized spacial score (nSPS) is 12.3. The first-order chi connectivity index (χ1) is 10.6. The summed E-state index contributed by atoms with van der Waals surface area (Å²) in [7, 11) is 9.19. The third kappa shape index (κ3) is 11.4. The third-order valence-corrected chi connectivity index (χ3v) is 4.27. The molecule has 0 atom stereocenters. The lowest BCUT2D eigenvalue weighted by atomic mass is 10.1. The van der Waals surface area contributed by atoms with E-state index in [2.05, 4.69) is 19.0 Å². The first-order valence-electron chi connectivity index (χ1n) is 8.90. The molecule has 0 aromatic rings. The van der Waals surface area contributed by atoms with Crippen LogP contribution >= 0.6 is 0 Å². The Bertz CT molecular complexity index is 222. The summed E-state index contributed by atoms with van der Waals surface area (Å²) in [6.45, 7) is 1.23. The molecule has 22 heavy (non-hydrogen) atoms. The first kappa shape index (κ1) is 21.8. The van der Waals surface area contributed by atoms with Gasteiger partial charge in [-0.1, -0.05) is 51.4 Å². The van der Waals surface area contributed by atoms with Crippen LogP contribution in [0.4, 0.5) is 0 Å². The van der Waals surface area contributed by atoms with Gasteiger partial charge in [-0.3, -0.25) is 0 Å². The van der Waals surface area contributed by atoms with Gasteiger partial charge < -0.3 is 19.1 Å². The van der Waals surface area contributed by atoms with Crippen molar-refractivity contribution in [3.8, 4) is 0 Å². The Labute approximate surface area is 138 Å². The van der Waals surface area contributed by atoms with Crippen LogP contribution in [0, 0.1) is 0 Å². The lowest BCUT2D eigenvalue weighted by Gasteiger charge is -2.28. The molecular weight excluding hydrogens is 278 g/mol. The molecule has 0 amide bonds. The summed E-state index contributed by atoms with van der Waals surface area (Å²) in [4.78, 5) is 2.27. The number of ether oxygens (including phenoxy) is 3. The molecule has 134 valence electrons. The molecule has 4 nitrogen and oxygen atoms in total. The van der Waals surface area contributed by atoms with Crippen molar-refractivity contribution >= 4 is 0 Å². The number of hydrogen-bond donors (Lipinski definition) is 0. The van der Waals surface area contributed by atoms with E-state index in [9.17, 15) is 0 Å². The summed E-state index contributed by atoms with van der Waals surface area (Å²) >= 11 is 0. The predicted octanol–water partition coefficient (Wildman–Crippen LogP) is 4.43. The van der Waals surface area contributed by atoms with Crippen molar-refractivity contribution in [2.45, 2.75) is 76.6 Å². The Morgan fingerprint density at radius 3 is 1.32 bits per heavy atom. The monoisotopic (exact) mass is 317 g/mol. The SMILES string of the molecule is COC(CCCCCCCCCCCCN(C)C)(OC)OC. The summed E-state index contributed by atoms with van der Waals surface area (Å²) in [6.07, 6.45) is 14.0. The van der Waals surface area contributed by atoms with Crippen LogP contribution in [0.2, 0.25) is 0 Å². The highest BCUT2D eigenvalue weighted by molar-refractivity contribution is 4.57. The van der Waals surface area contributed by atoms with E-state index >= 15 is 0 Å². The van der Waals surface area contributed by atoms with E-state index in [1.807, 2.05) is 0 Å². The average molecular weight is 318 g/mol. The van der Waals surface area contributed by atoms with Crippen LogP contribution in [0.1, 0.15) is 70.6 Å². The molecule has 4 heteroatoms. The van der Waals surface area contributed by atoms with Gasteiger partial charge in [-0.15, -0.1) is 0 Å². The zero-order valence-electron chi connectivity index (χ0n) is 15.7. The van der Waals surface area contributed by atoms with Crippen LogP contribution in [-0.2, 0) is 14.2 Å². The summed E-state index contributed by atoms with van der Waals surface area (Å²) in [5, 5.41) is 0. The minimum atomic E-state index is -0.841. The highest BCUT2D eigenvalue weighted by Crippen LogP contribution is 2.21. The number of nitrogens with zero attached hydrogens (tertiary/aromatic N) is 1. The summed E-state index contributed by atoms with van der Waals surface area (Å²) in [5.41, 5.74) is 0. The molecule has 0 saturated heterocycles. The van der Waals surface area contributed by atoms with Gasteiger partial charge in [0.05, 0.1) is 0 Å². The Hall–Kier alpha value is -0.160. The van der Waals surface area contributed by atoms with Crippen molar-refractivity contribution in [2.24, 2.45) is 0 Å². The first-order valence-corrected chi connectivity index (χ1v) is 8.90. The average Bonchev–Trinajstić information content (AvgIpc) is 2.52. The summed E-state index contributed by atoms with van der Waals surface area (Å²) in [6, 6.07) is 0. The number of unbranched alkanes of at least 4 members (excludes halogenated alkanes) is 9. The molecular formula is C18H39NO3. The fraction of sp³-hybridized carbons (Fsp3) is 1.00. The molecule has 0 N–H and O–H groups in total. The molecule has 0 spiro atoms. The fourth-order valence-electron chi connectivity index (χ4n) is 2.74. The summed E-state index contributed by atoms with van der Waals surface area (Å²) < 4.78 is 15.9. The maximum absolute atomic E-state index is 5.30. The van der Waals surface area contributed by atoms with Gasteiger partial charge in [-0.25, -0.2) is 0 Å². The molecule has 0 aliphatic heterocycles. The van der Waals surface area contributed by atoms with Crippen molar-refractivity contribution in [3.05, 3.63) is 0 Å². The zero-order valence-corrected chi connectivity index (χ0v) is 15.7. The van der Waals surface area contributed by atoms with Gasteiger partial charge in [0, 0.05) is 27.8 Å². The highest BCUT2D eigenvalue weighted by Gasteiger charge is 2.28. The number of rotatable bonds is 16. The molecule has 0 rings (SSSR count). The van der Waals surface area contributed by atoms with Crippen LogP contribution in [0.15, 0.2) is 0 Å². The number of hydrogen-bond acceptors (Lipinski definition) is 4. The molecule has 0 heterocycles. The van der Waals surface area contributed by atoms with Crippen LogP contribution in [0.25, 0.3) is 0 Å². The molecule has 0 fully saturated rings. The van der Waals surface area contributed by atoms with Crippen molar-refractivity contribution in [1.29, 1.82) is 0 Å². The molecule has 0 aromatic heterocycles. The van der Waals surface area contributed by atoms with E-state index in [1.165, 1.54) is 64.3 Å². The Kier molecular flexibility index (Phi) is 14.3. The van der Waals surface area contributed by atoms with Gasteiger partial charge in [0.15, 0.2) is 0 Å². The lowest BCUT2D eigenvalue weighted by Crippen LogP contribution is -2.35. The van der Waals surface area contributed by atoms with Gasteiger partial charge in [0.2, 0.25) is 0 Å². The zero-order chi connectivity index (χ0) is 16.7. The van der Waals surface area contributed by atoms with E-state index < -0.39 is 5.97 Å². The highest BCUT2D eigenvalue weighted by atomic mass is 16.9. The molecule has 0 aromatic carbocycles. The van der Waals surface area contributed by atoms with Crippen molar-refractivity contribution in [3.63, 3.8) is 0 Å². The molecule has 0 saturated carbocycles. The smallest absolute Gasteiger partial charge is 0.282 e. The molecule has 0 aliphatic carbocycles. The van der Waals surface area contributed by atoms with Crippen molar-refractivity contribution in [2.75, 3.05) is 42.0 Å². The van der Waals surface area contributed by atoms with Gasteiger partial charge >= 0.3 is 0 Å². The Balaban J connectivity index is 3.30. The van der Waals surface area contributed by atoms with Crippen LogP contribution in [0.5, 0.6) is 0 Å². The van der Waals surface area contributed by atoms with Crippen LogP contribution in [0.3, 0.4) is 0 Å². The van der Waals surface area contributed by atoms with Gasteiger partial charge in [-0.2, -0.15) is 0 Å². The van der Waals surface area contributed by atoms with Gasteiger partial charge in [-0.05, 0) is 33.5 Å².